The van der Waals surface area contributed by atoms with Crippen LogP contribution in [0.5, 0.6) is 0 Å². The van der Waals surface area contributed by atoms with Gasteiger partial charge in [-0.05, 0) is 65.7 Å². The first-order valence-corrected chi connectivity index (χ1v) is 10.7. The van der Waals surface area contributed by atoms with E-state index in [1.165, 1.54) is 52.2 Å². The van der Waals surface area contributed by atoms with E-state index >= 15 is 0 Å². The molecule has 1 fully saturated rings. The maximum atomic E-state index is 2.58. The number of nitrogens with zero attached hydrogens (tertiary/aromatic N) is 2. The van der Waals surface area contributed by atoms with Gasteiger partial charge in [0.05, 0.1) is 0 Å². The highest BCUT2D eigenvalue weighted by atomic mass is 15.2. The molecular weight excluding hydrogens is 352 g/mol. The summed E-state index contributed by atoms with van der Waals surface area (Å²) < 4.78 is 0. The highest BCUT2D eigenvalue weighted by Crippen LogP contribution is 2.28. The molecule has 1 heterocycles. The fraction of sp³-hybridized carbons (Fsp3) is 0.259. The Kier molecular flexibility index (Phi) is 4.95. The van der Waals surface area contributed by atoms with E-state index in [0.29, 0.717) is 6.04 Å². The molecule has 1 saturated heterocycles. The summed E-state index contributed by atoms with van der Waals surface area (Å²) >= 11 is 0. The van der Waals surface area contributed by atoms with Crippen molar-refractivity contribution in [3.63, 3.8) is 0 Å². The number of likely N-dealkylation sites (N-methyl/N-ethyl adjacent to an activating group) is 1. The first-order valence-electron chi connectivity index (χ1n) is 10.7. The Morgan fingerprint density at radius 3 is 2.41 bits per heavy atom. The molecule has 0 amide bonds. The molecule has 146 valence electrons. The highest BCUT2D eigenvalue weighted by Gasteiger charge is 2.24. The van der Waals surface area contributed by atoms with Gasteiger partial charge in [-0.1, -0.05) is 72.8 Å². The molecule has 1 aliphatic heterocycles. The minimum atomic E-state index is 0.622. The van der Waals surface area contributed by atoms with Gasteiger partial charge in [-0.15, -0.1) is 0 Å². The van der Waals surface area contributed by atoms with E-state index in [9.17, 15) is 0 Å². The van der Waals surface area contributed by atoms with E-state index in [1.807, 2.05) is 0 Å². The maximum Gasteiger partial charge on any atom is 0.0436 e. The summed E-state index contributed by atoms with van der Waals surface area (Å²) in [4.78, 5) is 5.11. The highest BCUT2D eigenvalue weighted by molar-refractivity contribution is 5.87. The minimum absolute atomic E-state index is 0.622. The Morgan fingerprint density at radius 2 is 1.59 bits per heavy atom. The van der Waals surface area contributed by atoms with Crippen molar-refractivity contribution in [3.8, 4) is 0 Å². The van der Waals surface area contributed by atoms with Crippen molar-refractivity contribution in [1.29, 1.82) is 0 Å². The van der Waals surface area contributed by atoms with Crippen molar-refractivity contribution in [2.75, 3.05) is 25.0 Å². The summed E-state index contributed by atoms with van der Waals surface area (Å²) in [7, 11) is 2.27. The van der Waals surface area contributed by atoms with E-state index in [-0.39, 0.29) is 0 Å². The molecule has 1 atom stereocenters. The van der Waals surface area contributed by atoms with E-state index in [1.54, 1.807) is 0 Å². The van der Waals surface area contributed by atoms with Gasteiger partial charge in [-0.25, -0.2) is 0 Å². The van der Waals surface area contributed by atoms with Crippen molar-refractivity contribution in [2.24, 2.45) is 0 Å². The average Bonchev–Trinajstić information content (AvgIpc) is 3.17. The summed E-state index contributed by atoms with van der Waals surface area (Å²) in [6.45, 7) is 3.21. The third-order valence-electron chi connectivity index (χ3n) is 6.44. The Labute approximate surface area is 173 Å². The molecule has 0 spiro atoms. The predicted octanol–water partition coefficient (Wildman–Crippen LogP) is 6.09. The summed E-state index contributed by atoms with van der Waals surface area (Å²) in [5, 5.41) is 5.30. The molecular formula is C27H28N2. The fourth-order valence-corrected chi connectivity index (χ4v) is 4.73. The van der Waals surface area contributed by atoms with Crippen LogP contribution in [0.4, 0.5) is 5.69 Å². The molecule has 1 aliphatic rings. The van der Waals surface area contributed by atoms with E-state index in [0.717, 1.165) is 13.1 Å². The van der Waals surface area contributed by atoms with Crippen LogP contribution in [0, 0.1) is 0 Å². The molecule has 0 N–H and O–H groups in total. The number of hydrogen-bond donors (Lipinski definition) is 0. The predicted molar refractivity (Wildman–Crippen MR) is 125 cm³/mol. The van der Waals surface area contributed by atoms with Crippen molar-refractivity contribution in [3.05, 3.63) is 90.5 Å². The lowest BCUT2D eigenvalue weighted by molar-refractivity contribution is 0.311. The molecule has 0 saturated carbocycles. The summed E-state index contributed by atoms with van der Waals surface area (Å²) in [5.74, 6) is 0. The third kappa shape index (κ3) is 3.73. The molecule has 4 aromatic rings. The van der Waals surface area contributed by atoms with E-state index in [2.05, 4.69) is 102 Å². The average molecular weight is 381 g/mol. The van der Waals surface area contributed by atoms with Crippen LogP contribution in [0.2, 0.25) is 0 Å². The Balaban J connectivity index is 1.53. The molecule has 0 aromatic heterocycles. The van der Waals surface area contributed by atoms with Gasteiger partial charge in [-0.3, -0.25) is 0 Å². The standard InChI is InChI=1S/C27H28N2/c1-28-17-7-13-26(28)20-29(25-16-15-21-8-2-3-10-23(21)18-25)19-24-12-6-11-22-9-4-5-14-27(22)24/h2-6,8-12,14-16,18,26H,7,13,17,19-20H2,1H3. The zero-order chi connectivity index (χ0) is 19.6. The summed E-state index contributed by atoms with van der Waals surface area (Å²) in [5.41, 5.74) is 2.72. The molecule has 29 heavy (non-hydrogen) atoms. The topological polar surface area (TPSA) is 6.48 Å². The van der Waals surface area contributed by atoms with Gasteiger partial charge < -0.3 is 9.80 Å². The number of likely N-dealkylation sites (tertiary alicyclic amines) is 1. The number of benzene rings is 4. The van der Waals surface area contributed by atoms with Crippen molar-refractivity contribution < 1.29 is 0 Å². The summed E-state index contributed by atoms with van der Waals surface area (Å²) in [6.07, 6.45) is 2.59. The lowest BCUT2D eigenvalue weighted by atomic mass is 10.0. The molecule has 5 rings (SSSR count). The molecule has 2 nitrogen and oxygen atoms in total. The van der Waals surface area contributed by atoms with Gasteiger partial charge >= 0.3 is 0 Å². The van der Waals surface area contributed by atoms with Crippen molar-refractivity contribution >= 4 is 27.2 Å². The lowest BCUT2D eigenvalue weighted by Gasteiger charge is -2.31. The fourth-order valence-electron chi connectivity index (χ4n) is 4.73. The van der Waals surface area contributed by atoms with Gasteiger partial charge in [0, 0.05) is 24.8 Å². The van der Waals surface area contributed by atoms with Gasteiger partial charge in [-0.2, -0.15) is 0 Å². The van der Waals surface area contributed by atoms with Crippen molar-refractivity contribution in [1.82, 2.24) is 4.90 Å². The van der Waals surface area contributed by atoms with Crippen LogP contribution in [0.1, 0.15) is 18.4 Å². The Hall–Kier alpha value is -2.84. The Morgan fingerprint density at radius 1 is 0.828 bits per heavy atom. The lowest BCUT2D eigenvalue weighted by Crippen LogP contribution is -2.38. The SMILES string of the molecule is CN1CCCC1CN(Cc1cccc2ccccc12)c1ccc2ccccc2c1. The Bertz CT molecular complexity index is 1130. The van der Waals surface area contributed by atoms with Crippen LogP contribution in [0.3, 0.4) is 0 Å². The van der Waals surface area contributed by atoms with Crippen LogP contribution in [0.15, 0.2) is 84.9 Å². The number of hydrogen-bond acceptors (Lipinski definition) is 2. The molecule has 0 bridgehead atoms. The number of fused-ring (bicyclic) bond motifs is 2. The second kappa shape index (κ2) is 7.88. The normalized spacial score (nSPS) is 17.2. The second-order valence-corrected chi connectivity index (χ2v) is 8.33. The van der Waals surface area contributed by atoms with Gasteiger partial charge in [0.2, 0.25) is 0 Å². The quantitative estimate of drug-likeness (QED) is 0.413. The largest absolute Gasteiger partial charge is 0.366 e. The zero-order valence-corrected chi connectivity index (χ0v) is 17.1. The smallest absolute Gasteiger partial charge is 0.0436 e. The van der Waals surface area contributed by atoms with E-state index in [4.69, 9.17) is 0 Å². The number of rotatable bonds is 5. The number of anilines is 1. The van der Waals surface area contributed by atoms with Gasteiger partial charge in [0.15, 0.2) is 0 Å². The maximum absolute atomic E-state index is 2.58. The molecule has 1 unspecified atom stereocenters. The van der Waals surface area contributed by atoms with Crippen LogP contribution in [0.25, 0.3) is 21.5 Å². The van der Waals surface area contributed by atoms with Crippen LogP contribution in [-0.2, 0) is 6.54 Å². The van der Waals surface area contributed by atoms with Crippen molar-refractivity contribution in [2.45, 2.75) is 25.4 Å². The third-order valence-corrected chi connectivity index (χ3v) is 6.44. The first-order chi connectivity index (χ1) is 14.3. The second-order valence-electron chi connectivity index (χ2n) is 8.33. The van der Waals surface area contributed by atoms with Crippen LogP contribution >= 0.6 is 0 Å². The zero-order valence-electron chi connectivity index (χ0n) is 17.1. The van der Waals surface area contributed by atoms with Gasteiger partial charge in [0.25, 0.3) is 0 Å². The first kappa shape index (κ1) is 18.2. The monoisotopic (exact) mass is 380 g/mol. The van der Waals surface area contributed by atoms with Crippen LogP contribution in [-0.4, -0.2) is 31.1 Å². The minimum Gasteiger partial charge on any atom is -0.366 e. The van der Waals surface area contributed by atoms with Gasteiger partial charge in [0.1, 0.15) is 0 Å². The molecule has 0 radical (unpaired) electrons. The molecule has 4 aromatic carbocycles. The molecule has 0 aliphatic carbocycles. The summed E-state index contributed by atoms with van der Waals surface area (Å²) in [6, 6.07) is 31.6. The van der Waals surface area contributed by atoms with E-state index < -0.39 is 0 Å². The van der Waals surface area contributed by atoms with Crippen LogP contribution < -0.4 is 4.90 Å². The molecule has 2 heteroatoms.